The Morgan fingerprint density at radius 2 is 1.68 bits per heavy atom. The van der Waals surface area contributed by atoms with Crippen molar-refractivity contribution in [1.82, 2.24) is 0 Å². The second-order valence-corrected chi connectivity index (χ2v) is 4.23. The topological polar surface area (TPSA) is 74.7 Å². The molecule has 0 aliphatic carbocycles. The Bertz CT molecular complexity index is 456. The van der Waals surface area contributed by atoms with Gasteiger partial charge >= 0.3 is 5.97 Å². The van der Waals surface area contributed by atoms with E-state index in [2.05, 4.69) is 0 Å². The van der Waals surface area contributed by atoms with E-state index < -0.39 is 5.97 Å². The minimum Gasteiger partial charge on any atom is -0.481 e. The first-order valence-electron chi connectivity index (χ1n) is 6.07. The zero-order valence-corrected chi connectivity index (χ0v) is 10.8. The van der Waals surface area contributed by atoms with Crippen LogP contribution in [-0.4, -0.2) is 29.3 Å². The van der Waals surface area contributed by atoms with Gasteiger partial charge in [-0.25, -0.2) is 0 Å². The molecule has 1 N–H and O–H groups in total. The number of benzene rings is 1. The number of para-hydroxylation sites is 1. The molecule has 0 spiro atoms. The molecule has 1 aromatic carbocycles. The summed E-state index contributed by atoms with van der Waals surface area (Å²) in [6.45, 7) is 1.54. The zero-order chi connectivity index (χ0) is 14.3. The van der Waals surface area contributed by atoms with Gasteiger partial charge in [0.1, 0.15) is 5.78 Å². The molecule has 1 amide bonds. The molecule has 0 radical (unpaired) electrons. The SMILES string of the molecule is CC(=O)CCC(=O)N(CCC(=O)O)c1ccccc1. The molecular weight excluding hydrogens is 246 g/mol. The van der Waals surface area contributed by atoms with Crippen molar-refractivity contribution >= 4 is 23.3 Å². The molecular formula is C14H17NO4. The summed E-state index contributed by atoms with van der Waals surface area (Å²) in [7, 11) is 0. The van der Waals surface area contributed by atoms with Crippen LogP contribution in [0.2, 0.25) is 0 Å². The van der Waals surface area contributed by atoms with Gasteiger partial charge in [-0.2, -0.15) is 0 Å². The molecule has 0 heterocycles. The van der Waals surface area contributed by atoms with Gasteiger partial charge in [-0.05, 0) is 19.1 Å². The van der Waals surface area contributed by atoms with Gasteiger partial charge in [0.05, 0.1) is 6.42 Å². The molecule has 0 fully saturated rings. The third kappa shape index (κ3) is 5.33. The number of ketones is 1. The van der Waals surface area contributed by atoms with Crippen LogP contribution >= 0.6 is 0 Å². The lowest BCUT2D eigenvalue weighted by Crippen LogP contribution is -2.33. The van der Waals surface area contributed by atoms with Crippen LogP contribution < -0.4 is 4.90 Å². The smallest absolute Gasteiger partial charge is 0.305 e. The van der Waals surface area contributed by atoms with Crippen LogP contribution in [0.1, 0.15) is 26.2 Å². The monoisotopic (exact) mass is 263 g/mol. The van der Waals surface area contributed by atoms with Gasteiger partial charge in [0.25, 0.3) is 0 Å². The van der Waals surface area contributed by atoms with E-state index in [0.717, 1.165) is 0 Å². The highest BCUT2D eigenvalue weighted by molar-refractivity contribution is 5.95. The van der Waals surface area contributed by atoms with Crippen molar-refractivity contribution in [2.75, 3.05) is 11.4 Å². The Morgan fingerprint density at radius 3 is 2.21 bits per heavy atom. The first-order chi connectivity index (χ1) is 9.00. The first kappa shape index (κ1) is 14.9. The van der Waals surface area contributed by atoms with Gasteiger partial charge in [-0.3, -0.25) is 9.59 Å². The highest BCUT2D eigenvalue weighted by atomic mass is 16.4. The van der Waals surface area contributed by atoms with Gasteiger partial charge < -0.3 is 14.8 Å². The zero-order valence-electron chi connectivity index (χ0n) is 10.8. The van der Waals surface area contributed by atoms with E-state index in [1.807, 2.05) is 6.07 Å². The van der Waals surface area contributed by atoms with Crippen molar-refractivity contribution in [3.8, 4) is 0 Å². The number of anilines is 1. The van der Waals surface area contributed by atoms with E-state index in [1.165, 1.54) is 11.8 Å². The molecule has 1 aromatic rings. The van der Waals surface area contributed by atoms with Crippen molar-refractivity contribution in [2.24, 2.45) is 0 Å². The van der Waals surface area contributed by atoms with E-state index in [9.17, 15) is 14.4 Å². The molecule has 0 saturated carbocycles. The predicted molar refractivity (Wildman–Crippen MR) is 71.0 cm³/mol. The second kappa shape index (κ2) is 7.31. The van der Waals surface area contributed by atoms with E-state index in [-0.39, 0.29) is 37.5 Å². The fourth-order valence-electron chi connectivity index (χ4n) is 1.63. The summed E-state index contributed by atoms with van der Waals surface area (Å²) in [5, 5.41) is 8.72. The van der Waals surface area contributed by atoms with Crippen LogP contribution in [0.15, 0.2) is 30.3 Å². The predicted octanol–water partition coefficient (Wildman–Crippen LogP) is 1.86. The maximum absolute atomic E-state index is 12.0. The highest BCUT2D eigenvalue weighted by Crippen LogP contribution is 2.15. The van der Waals surface area contributed by atoms with Crippen LogP contribution in [0, 0.1) is 0 Å². The summed E-state index contributed by atoms with van der Waals surface area (Å²) < 4.78 is 0. The first-order valence-corrected chi connectivity index (χ1v) is 6.07. The highest BCUT2D eigenvalue weighted by Gasteiger charge is 2.16. The average Bonchev–Trinajstić information content (AvgIpc) is 2.37. The van der Waals surface area contributed by atoms with E-state index in [4.69, 9.17) is 5.11 Å². The molecule has 0 aliphatic rings. The Balaban J connectivity index is 2.77. The van der Waals surface area contributed by atoms with Crippen molar-refractivity contribution in [2.45, 2.75) is 26.2 Å². The molecule has 19 heavy (non-hydrogen) atoms. The van der Waals surface area contributed by atoms with Gasteiger partial charge in [0, 0.05) is 25.1 Å². The van der Waals surface area contributed by atoms with Gasteiger partial charge in [0.15, 0.2) is 0 Å². The molecule has 0 saturated heterocycles. The van der Waals surface area contributed by atoms with E-state index in [1.54, 1.807) is 24.3 Å². The number of aliphatic carboxylic acids is 1. The number of amides is 1. The van der Waals surface area contributed by atoms with Crippen LogP contribution in [0.25, 0.3) is 0 Å². The van der Waals surface area contributed by atoms with Crippen LogP contribution in [0.4, 0.5) is 5.69 Å². The summed E-state index contributed by atoms with van der Waals surface area (Å²) in [6, 6.07) is 8.86. The molecule has 0 aromatic heterocycles. The third-order valence-electron chi connectivity index (χ3n) is 2.61. The number of rotatable bonds is 7. The Labute approximate surface area is 111 Å². The average molecular weight is 263 g/mol. The van der Waals surface area contributed by atoms with E-state index >= 15 is 0 Å². The molecule has 102 valence electrons. The lowest BCUT2D eigenvalue weighted by atomic mass is 10.2. The molecule has 0 atom stereocenters. The number of hydrogen-bond donors (Lipinski definition) is 1. The minimum atomic E-state index is -0.958. The third-order valence-corrected chi connectivity index (χ3v) is 2.61. The molecule has 5 heteroatoms. The van der Waals surface area contributed by atoms with Crippen molar-refractivity contribution < 1.29 is 19.5 Å². The largest absolute Gasteiger partial charge is 0.481 e. The van der Waals surface area contributed by atoms with Gasteiger partial charge in [-0.1, -0.05) is 18.2 Å². The van der Waals surface area contributed by atoms with Gasteiger partial charge in [0.2, 0.25) is 5.91 Å². The summed E-state index contributed by atoms with van der Waals surface area (Å²) in [4.78, 5) is 35.0. The number of nitrogens with zero attached hydrogens (tertiary/aromatic N) is 1. The normalized spacial score (nSPS) is 9.95. The fourth-order valence-corrected chi connectivity index (χ4v) is 1.63. The fraction of sp³-hybridized carbons (Fsp3) is 0.357. The lowest BCUT2D eigenvalue weighted by molar-refractivity contribution is -0.136. The van der Waals surface area contributed by atoms with Crippen LogP contribution in [0.5, 0.6) is 0 Å². The Hall–Kier alpha value is -2.17. The van der Waals surface area contributed by atoms with Crippen LogP contribution in [-0.2, 0) is 14.4 Å². The van der Waals surface area contributed by atoms with Crippen molar-refractivity contribution in [3.63, 3.8) is 0 Å². The summed E-state index contributed by atoms with van der Waals surface area (Å²) in [5.41, 5.74) is 0.650. The lowest BCUT2D eigenvalue weighted by Gasteiger charge is -2.22. The summed E-state index contributed by atoms with van der Waals surface area (Å²) in [5.74, 6) is -1.25. The molecule has 5 nitrogen and oxygen atoms in total. The second-order valence-electron chi connectivity index (χ2n) is 4.23. The maximum atomic E-state index is 12.0. The quantitative estimate of drug-likeness (QED) is 0.814. The number of hydrogen-bond acceptors (Lipinski definition) is 3. The molecule has 0 bridgehead atoms. The van der Waals surface area contributed by atoms with E-state index in [0.29, 0.717) is 5.69 Å². The van der Waals surface area contributed by atoms with Crippen molar-refractivity contribution in [1.29, 1.82) is 0 Å². The number of Topliss-reactive ketones (excluding diaryl/α,β-unsaturated/α-hetero) is 1. The number of carboxylic acid groups (broad SMARTS) is 1. The van der Waals surface area contributed by atoms with Gasteiger partial charge in [-0.15, -0.1) is 0 Å². The molecule has 1 rings (SSSR count). The number of carbonyl (C=O) groups is 3. The summed E-state index contributed by atoms with van der Waals surface area (Å²) >= 11 is 0. The Morgan fingerprint density at radius 1 is 1.05 bits per heavy atom. The van der Waals surface area contributed by atoms with Crippen LogP contribution in [0.3, 0.4) is 0 Å². The molecule has 0 unspecified atom stereocenters. The molecule has 0 aliphatic heterocycles. The Kier molecular flexibility index (Phi) is 5.73. The number of carboxylic acids is 1. The number of carbonyl (C=O) groups excluding carboxylic acids is 2. The van der Waals surface area contributed by atoms with Crippen molar-refractivity contribution in [3.05, 3.63) is 30.3 Å². The minimum absolute atomic E-state index is 0.0559. The standard InChI is InChI=1S/C14H17NO4/c1-11(16)7-8-13(17)15(10-9-14(18)19)12-5-3-2-4-6-12/h2-6H,7-10H2,1H3,(H,18,19). The maximum Gasteiger partial charge on any atom is 0.305 e. The summed E-state index contributed by atoms with van der Waals surface area (Å²) in [6.07, 6.45) is 0.153.